The summed E-state index contributed by atoms with van der Waals surface area (Å²) in [7, 11) is 0. The number of hydrogen-bond donors (Lipinski definition) is 0. The summed E-state index contributed by atoms with van der Waals surface area (Å²) in [5.41, 5.74) is 3.64. The van der Waals surface area contributed by atoms with Crippen LogP contribution in [-0.2, 0) is 0 Å². The van der Waals surface area contributed by atoms with Gasteiger partial charge in [-0.1, -0.05) is 29.8 Å². The van der Waals surface area contributed by atoms with E-state index in [-0.39, 0.29) is 25.0 Å². The maximum atomic E-state index is 13.1. The predicted molar refractivity (Wildman–Crippen MR) is 105 cm³/mol. The molecule has 0 saturated heterocycles. The van der Waals surface area contributed by atoms with Crippen LogP contribution in [0.1, 0.15) is 35.8 Å². The smallest absolute Gasteiger partial charge is 0.256 e. The molecule has 1 aromatic carbocycles. The van der Waals surface area contributed by atoms with Crippen LogP contribution in [0.3, 0.4) is 0 Å². The van der Waals surface area contributed by atoms with Crippen molar-refractivity contribution in [2.75, 3.05) is 13.1 Å². The molecule has 0 aliphatic heterocycles. The Balaban J connectivity index is 2.23. The minimum absolute atomic E-state index is 0.0653. The minimum Gasteiger partial charge on any atom is -0.312 e. The van der Waals surface area contributed by atoms with Gasteiger partial charge in [-0.2, -0.15) is 15.6 Å². The molecule has 0 radical (unpaired) electrons. The molecule has 0 aliphatic rings. The van der Waals surface area contributed by atoms with Crippen LogP contribution in [0.4, 0.5) is 0 Å². The zero-order chi connectivity index (χ0) is 20.3. The van der Waals surface area contributed by atoms with Gasteiger partial charge in [0.2, 0.25) is 0 Å². The highest BCUT2D eigenvalue weighted by molar-refractivity contribution is 6.06. The van der Waals surface area contributed by atoms with Gasteiger partial charge in [0.05, 0.1) is 35.0 Å². The molecular weight excluding hydrogens is 352 g/mol. The first-order valence-electron chi connectivity index (χ1n) is 8.94. The van der Waals surface area contributed by atoms with E-state index in [9.17, 15) is 4.79 Å². The quantitative estimate of drug-likeness (QED) is 0.639. The third-order valence-corrected chi connectivity index (χ3v) is 4.44. The number of aryl methyl sites for hydroxylation is 1. The second-order valence-electron chi connectivity index (χ2n) is 6.82. The normalized spacial score (nSPS) is 10.6. The van der Waals surface area contributed by atoms with Gasteiger partial charge in [0.15, 0.2) is 5.65 Å². The molecule has 0 fully saturated rings. The molecule has 0 saturated carbocycles. The highest BCUT2D eigenvalue weighted by atomic mass is 16.2. The van der Waals surface area contributed by atoms with Gasteiger partial charge < -0.3 is 4.90 Å². The van der Waals surface area contributed by atoms with E-state index in [1.807, 2.05) is 57.2 Å². The van der Waals surface area contributed by atoms with Crippen molar-refractivity contribution >= 4 is 16.9 Å². The number of nitrogens with zero attached hydrogens (tertiary/aromatic N) is 6. The molecular formula is C21H20N6O. The van der Waals surface area contributed by atoms with Gasteiger partial charge in [0, 0.05) is 11.6 Å². The third-order valence-electron chi connectivity index (χ3n) is 4.44. The number of rotatable bonds is 5. The lowest BCUT2D eigenvalue weighted by atomic mass is 10.0. The number of carbonyl (C=O) groups excluding carboxylic acids is 1. The maximum Gasteiger partial charge on any atom is 0.256 e. The topological polar surface area (TPSA) is 98.6 Å². The highest BCUT2D eigenvalue weighted by Crippen LogP contribution is 2.27. The van der Waals surface area contributed by atoms with Gasteiger partial charge in [0.1, 0.15) is 13.1 Å². The van der Waals surface area contributed by atoms with Crippen LogP contribution in [0.15, 0.2) is 36.5 Å². The number of nitriles is 2. The van der Waals surface area contributed by atoms with E-state index in [2.05, 4.69) is 5.10 Å². The Morgan fingerprint density at radius 1 is 1.18 bits per heavy atom. The number of pyridine rings is 1. The summed E-state index contributed by atoms with van der Waals surface area (Å²) in [6.07, 6.45) is 1.62. The van der Waals surface area contributed by atoms with Crippen LogP contribution in [-0.4, -0.2) is 38.7 Å². The minimum atomic E-state index is -0.382. The van der Waals surface area contributed by atoms with E-state index in [1.165, 1.54) is 4.90 Å². The molecule has 28 heavy (non-hydrogen) atoms. The molecule has 0 spiro atoms. The highest BCUT2D eigenvalue weighted by Gasteiger charge is 2.22. The Morgan fingerprint density at radius 2 is 1.82 bits per heavy atom. The number of amides is 1. The van der Waals surface area contributed by atoms with Crippen LogP contribution in [0.5, 0.6) is 0 Å². The molecule has 7 heteroatoms. The number of carbonyl (C=O) groups is 1. The van der Waals surface area contributed by atoms with Gasteiger partial charge >= 0.3 is 0 Å². The fraction of sp³-hybridized carbons (Fsp3) is 0.286. The van der Waals surface area contributed by atoms with Gasteiger partial charge in [-0.3, -0.25) is 4.79 Å². The first-order valence-corrected chi connectivity index (χ1v) is 8.94. The number of benzene rings is 1. The van der Waals surface area contributed by atoms with E-state index in [0.717, 1.165) is 11.1 Å². The summed E-state index contributed by atoms with van der Waals surface area (Å²) in [5.74, 6) is -0.382. The van der Waals surface area contributed by atoms with Gasteiger partial charge in [-0.25, -0.2) is 9.67 Å². The standard InChI is InChI=1S/C21H20N6O/c1-14(2)27-20-18(13-24-27)17(21(28)26(10-8-22)11-9-23)12-19(25-20)16-6-4-15(3)5-7-16/h4-7,12-14H,10-11H2,1-3H3. The Kier molecular flexibility index (Phi) is 5.37. The fourth-order valence-corrected chi connectivity index (χ4v) is 2.99. The SMILES string of the molecule is Cc1ccc(-c2cc(C(=O)N(CC#N)CC#N)c3cnn(C(C)C)c3n2)cc1. The zero-order valence-electron chi connectivity index (χ0n) is 16.0. The van der Waals surface area contributed by atoms with Crippen molar-refractivity contribution < 1.29 is 4.79 Å². The number of hydrogen-bond acceptors (Lipinski definition) is 5. The molecule has 3 aromatic rings. The zero-order valence-corrected chi connectivity index (χ0v) is 16.0. The molecule has 2 aromatic heterocycles. The van der Waals surface area contributed by atoms with Gasteiger partial charge in [-0.15, -0.1) is 0 Å². The lowest BCUT2D eigenvalue weighted by molar-refractivity contribution is 0.0796. The van der Waals surface area contributed by atoms with Crippen molar-refractivity contribution in [1.29, 1.82) is 10.5 Å². The van der Waals surface area contributed by atoms with Crippen LogP contribution < -0.4 is 0 Å². The maximum absolute atomic E-state index is 13.1. The second-order valence-corrected chi connectivity index (χ2v) is 6.82. The first kappa shape index (κ1) is 19.1. The molecule has 0 unspecified atom stereocenters. The number of fused-ring (bicyclic) bond motifs is 1. The van der Waals surface area contributed by atoms with Crippen molar-refractivity contribution in [2.24, 2.45) is 0 Å². The Hall–Kier alpha value is -3.71. The third kappa shape index (κ3) is 3.56. The summed E-state index contributed by atoms with van der Waals surface area (Å²) in [6.45, 7) is 5.67. The lowest BCUT2D eigenvalue weighted by Gasteiger charge is -2.17. The lowest BCUT2D eigenvalue weighted by Crippen LogP contribution is -2.32. The Bertz CT molecular complexity index is 1080. The van der Waals surface area contributed by atoms with Crippen LogP contribution in [0.2, 0.25) is 0 Å². The average molecular weight is 372 g/mol. The molecule has 0 aliphatic carbocycles. The molecule has 0 N–H and O–H groups in total. The second kappa shape index (κ2) is 7.89. The van der Waals surface area contributed by atoms with E-state index < -0.39 is 0 Å². The van der Waals surface area contributed by atoms with E-state index in [1.54, 1.807) is 16.9 Å². The number of aromatic nitrogens is 3. The molecule has 0 bridgehead atoms. The van der Waals surface area contributed by atoms with Crippen molar-refractivity contribution in [3.63, 3.8) is 0 Å². The Morgan fingerprint density at radius 3 is 2.39 bits per heavy atom. The molecule has 1 amide bonds. The van der Waals surface area contributed by atoms with E-state index in [0.29, 0.717) is 22.3 Å². The monoisotopic (exact) mass is 372 g/mol. The van der Waals surface area contributed by atoms with Gasteiger partial charge in [0.25, 0.3) is 5.91 Å². The summed E-state index contributed by atoms with van der Waals surface area (Å²) in [5, 5.41) is 23.0. The molecule has 3 rings (SSSR count). The predicted octanol–water partition coefficient (Wildman–Crippen LogP) is 3.48. The largest absolute Gasteiger partial charge is 0.312 e. The molecule has 140 valence electrons. The van der Waals surface area contributed by atoms with Crippen LogP contribution in [0.25, 0.3) is 22.3 Å². The van der Waals surface area contributed by atoms with Crippen LogP contribution in [0, 0.1) is 29.6 Å². The summed E-state index contributed by atoms with van der Waals surface area (Å²) in [6, 6.07) is 13.5. The summed E-state index contributed by atoms with van der Waals surface area (Å²) < 4.78 is 1.77. The average Bonchev–Trinajstić information content (AvgIpc) is 3.11. The van der Waals surface area contributed by atoms with Crippen molar-refractivity contribution in [3.8, 4) is 23.4 Å². The van der Waals surface area contributed by atoms with Crippen molar-refractivity contribution in [2.45, 2.75) is 26.8 Å². The summed E-state index contributed by atoms with van der Waals surface area (Å²) in [4.78, 5) is 19.1. The van der Waals surface area contributed by atoms with E-state index >= 15 is 0 Å². The summed E-state index contributed by atoms with van der Waals surface area (Å²) >= 11 is 0. The van der Waals surface area contributed by atoms with Gasteiger partial charge in [-0.05, 0) is 26.8 Å². The fourth-order valence-electron chi connectivity index (χ4n) is 2.99. The van der Waals surface area contributed by atoms with Crippen molar-refractivity contribution in [1.82, 2.24) is 19.7 Å². The molecule has 2 heterocycles. The first-order chi connectivity index (χ1) is 13.5. The molecule has 7 nitrogen and oxygen atoms in total. The molecule has 0 atom stereocenters. The van der Waals surface area contributed by atoms with Crippen LogP contribution >= 0.6 is 0 Å². The van der Waals surface area contributed by atoms with Crippen molar-refractivity contribution in [3.05, 3.63) is 47.7 Å². The van der Waals surface area contributed by atoms with E-state index in [4.69, 9.17) is 15.5 Å². The Labute approximate surface area is 163 Å².